The van der Waals surface area contributed by atoms with Crippen molar-refractivity contribution in [3.8, 4) is 17.2 Å². The van der Waals surface area contributed by atoms with Crippen LogP contribution in [0.5, 0.6) is 17.2 Å². The second kappa shape index (κ2) is 7.23. The number of quaternary nitrogens is 1. The van der Waals surface area contributed by atoms with Gasteiger partial charge in [0.25, 0.3) is 0 Å². The van der Waals surface area contributed by atoms with E-state index in [-0.39, 0.29) is 0 Å². The van der Waals surface area contributed by atoms with Crippen molar-refractivity contribution in [1.82, 2.24) is 0 Å². The number of benzene rings is 2. The molecule has 2 aliphatic rings. The first-order chi connectivity index (χ1) is 12.3. The third kappa shape index (κ3) is 3.51. The van der Waals surface area contributed by atoms with Gasteiger partial charge in [0.1, 0.15) is 12.3 Å². The SMILES string of the molecule is CCOc1ccccc1N1CC[NH+](Cc2ccc3c(c2)OCO3)CC1. The van der Waals surface area contributed by atoms with Crippen molar-refractivity contribution in [3.63, 3.8) is 0 Å². The zero-order chi connectivity index (χ0) is 17.1. The van der Waals surface area contributed by atoms with Crippen LogP contribution in [0, 0.1) is 0 Å². The van der Waals surface area contributed by atoms with Gasteiger partial charge >= 0.3 is 0 Å². The molecule has 0 saturated carbocycles. The first-order valence-corrected chi connectivity index (χ1v) is 9.02. The van der Waals surface area contributed by atoms with E-state index >= 15 is 0 Å². The number of hydrogen-bond donors (Lipinski definition) is 1. The van der Waals surface area contributed by atoms with Crippen molar-refractivity contribution >= 4 is 5.69 Å². The number of para-hydroxylation sites is 2. The third-order valence-electron chi connectivity index (χ3n) is 4.87. The van der Waals surface area contributed by atoms with Crippen LogP contribution >= 0.6 is 0 Å². The lowest BCUT2D eigenvalue weighted by Crippen LogP contribution is -3.13. The highest BCUT2D eigenvalue weighted by Gasteiger charge is 2.23. The molecule has 0 spiro atoms. The molecule has 0 unspecified atom stereocenters. The van der Waals surface area contributed by atoms with Gasteiger partial charge in [-0.1, -0.05) is 12.1 Å². The second-order valence-corrected chi connectivity index (χ2v) is 6.50. The Labute approximate surface area is 148 Å². The Balaban J connectivity index is 1.37. The van der Waals surface area contributed by atoms with E-state index < -0.39 is 0 Å². The highest BCUT2D eigenvalue weighted by Crippen LogP contribution is 2.32. The fourth-order valence-corrected chi connectivity index (χ4v) is 3.58. The first-order valence-electron chi connectivity index (χ1n) is 9.02. The van der Waals surface area contributed by atoms with Crippen LogP contribution in [0.2, 0.25) is 0 Å². The van der Waals surface area contributed by atoms with E-state index in [2.05, 4.69) is 35.2 Å². The Bertz CT molecular complexity index is 727. The van der Waals surface area contributed by atoms with E-state index in [1.165, 1.54) is 11.3 Å². The standard InChI is InChI=1S/C20H24N2O3/c1-2-23-18-6-4-3-5-17(18)22-11-9-21(10-12-22)14-16-7-8-19-20(13-16)25-15-24-19/h3-8,13H,2,9-12,14-15H2,1H3/p+1. The van der Waals surface area contributed by atoms with E-state index in [1.807, 2.05) is 19.1 Å². The quantitative estimate of drug-likeness (QED) is 0.898. The van der Waals surface area contributed by atoms with Gasteiger partial charge in [-0.2, -0.15) is 0 Å². The van der Waals surface area contributed by atoms with Gasteiger partial charge in [0.2, 0.25) is 6.79 Å². The van der Waals surface area contributed by atoms with Gasteiger partial charge in [0, 0.05) is 5.56 Å². The largest absolute Gasteiger partial charge is 0.492 e. The Morgan fingerprint density at radius 2 is 1.84 bits per heavy atom. The fourth-order valence-electron chi connectivity index (χ4n) is 3.58. The highest BCUT2D eigenvalue weighted by molar-refractivity contribution is 5.58. The molecule has 1 saturated heterocycles. The molecule has 1 fully saturated rings. The number of anilines is 1. The van der Waals surface area contributed by atoms with Crippen LogP contribution in [-0.4, -0.2) is 39.6 Å². The molecular weight excluding hydrogens is 316 g/mol. The molecule has 5 heteroatoms. The molecule has 132 valence electrons. The molecule has 2 aromatic rings. The predicted molar refractivity (Wildman–Crippen MR) is 96.8 cm³/mol. The molecule has 4 rings (SSSR count). The molecule has 0 atom stereocenters. The average Bonchev–Trinajstić information content (AvgIpc) is 3.11. The number of hydrogen-bond acceptors (Lipinski definition) is 4. The lowest BCUT2D eigenvalue weighted by Gasteiger charge is -2.34. The molecule has 0 aliphatic carbocycles. The average molecular weight is 341 g/mol. The molecule has 2 aromatic carbocycles. The summed E-state index contributed by atoms with van der Waals surface area (Å²) in [5, 5.41) is 0. The Hall–Kier alpha value is -2.40. The molecule has 25 heavy (non-hydrogen) atoms. The van der Waals surface area contributed by atoms with Crippen LogP contribution in [0.15, 0.2) is 42.5 Å². The lowest BCUT2D eigenvalue weighted by atomic mass is 10.1. The monoisotopic (exact) mass is 341 g/mol. The maximum atomic E-state index is 5.78. The molecule has 2 heterocycles. The van der Waals surface area contributed by atoms with E-state index in [0.717, 1.165) is 50.0 Å². The molecular formula is C20H25N2O3+. The molecule has 0 bridgehead atoms. The van der Waals surface area contributed by atoms with Crippen LogP contribution in [0.4, 0.5) is 5.69 Å². The zero-order valence-electron chi connectivity index (χ0n) is 14.7. The number of piperazine rings is 1. The first kappa shape index (κ1) is 16.1. The summed E-state index contributed by atoms with van der Waals surface area (Å²) in [7, 11) is 0. The van der Waals surface area contributed by atoms with Crippen LogP contribution < -0.4 is 24.0 Å². The van der Waals surface area contributed by atoms with Crippen molar-refractivity contribution in [2.45, 2.75) is 13.5 Å². The molecule has 1 N–H and O–H groups in total. The summed E-state index contributed by atoms with van der Waals surface area (Å²) in [5.74, 6) is 2.72. The van der Waals surface area contributed by atoms with E-state index in [9.17, 15) is 0 Å². The molecule has 0 aromatic heterocycles. The Morgan fingerprint density at radius 3 is 2.68 bits per heavy atom. The maximum absolute atomic E-state index is 5.78. The summed E-state index contributed by atoms with van der Waals surface area (Å²) in [6.45, 7) is 8.43. The molecule has 2 aliphatic heterocycles. The zero-order valence-corrected chi connectivity index (χ0v) is 14.7. The minimum Gasteiger partial charge on any atom is -0.492 e. The van der Waals surface area contributed by atoms with Gasteiger partial charge < -0.3 is 24.0 Å². The summed E-state index contributed by atoms with van der Waals surface area (Å²) in [5.41, 5.74) is 2.52. The van der Waals surface area contributed by atoms with Crippen molar-refractivity contribution in [1.29, 1.82) is 0 Å². The van der Waals surface area contributed by atoms with Crippen molar-refractivity contribution in [3.05, 3.63) is 48.0 Å². The number of nitrogens with zero attached hydrogens (tertiary/aromatic N) is 1. The fraction of sp³-hybridized carbons (Fsp3) is 0.400. The van der Waals surface area contributed by atoms with Gasteiger partial charge in [-0.05, 0) is 37.3 Å². The lowest BCUT2D eigenvalue weighted by molar-refractivity contribution is -0.914. The topological polar surface area (TPSA) is 35.4 Å². The summed E-state index contributed by atoms with van der Waals surface area (Å²) >= 11 is 0. The minimum absolute atomic E-state index is 0.337. The number of rotatable bonds is 5. The van der Waals surface area contributed by atoms with Crippen molar-refractivity contribution in [2.24, 2.45) is 0 Å². The van der Waals surface area contributed by atoms with Crippen LogP contribution in [0.25, 0.3) is 0 Å². The number of fused-ring (bicyclic) bond motifs is 1. The summed E-state index contributed by atoms with van der Waals surface area (Å²) in [6, 6.07) is 14.6. The molecule has 0 amide bonds. The van der Waals surface area contributed by atoms with Gasteiger partial charge in [-0.15, -0.1) is 0 Å². The third-order valence-corrected chi connectivity index (χ3v) is 4.87. The Morgan fingerprint density at radius 1 is 1.04 bits per heavy atom. The summed E-state index contributed by atoms with van der Waals surface area (Å²) in [6.07, 6.45) is 0. The van der Waals surface area contributed by atoms with Gasteiger partial charge in [-0.3, -0.25) is 0 Å². The number of nitrogens with one attached hydrogen (secondary N) is 1. The normalized spacial score (nSPS) is 16.9. The van der Waals surface area contributed by atoms with E-state index in [1.54, 1.807) is 4.90 Å². The molecule has 0 radical (unpaired) electrons. The Kier molecular flexibility index (Phi) is 4.65. The van der Waals surface area contributed by atoms with Crippen molar-refractivity contribution < 1.29 is 19.1 Å². The van der Waals surface area contributed by atoms with Gasteiger partial charge in [0.05, 0.1) is 38.5 Å². The highest BCUT2D eigenvalue weighted by atomic mass is 16.7. The summed E-state index contributed by atoms with van der Waals surface area (Å²) < 4.78 is 16.7. The van der Waals surface area contributed by atoms with E-state index in [0.29, 0.717) is 13.4 Å². The van der Waals surface area contributed by atoms with Crippen LogP contribution in [0.3, 0.4) is 0 Å². The predicted octanol–water partition coefficient (Wildman–Crippen LogP) is 1.72. The molecule has 5 nitrogen and oxygen atoms in total. The number of ether oxygens (including phenoxy) is 3. The van der Waals surface area contributed by atoms with Crippen molar-refractivity contribution in [2.75, 3.05) is 44.5 Å². The second-order valence-electron chi connectivity index (χ2n) is 6.50. The minimum atomic E-state index is 0.337. The van der Waals surface area contributed by atoms with Crippen LogP contribution in [-0.2, 0) is 6.54 Å². The maximum Gasteiger partial charge on any atom is 0.231 e. The van der Waals surface area contributed by atoms with Crippen LogP contribution in [0.1, 0.15) is 12.5 Å². The van der Waals surface area contributed by atoms with E-state index in [4.69, 9.17) is 14.2 Å². The smallest absolute Gasteiger partial charge is 0.231 e. The van der Waals surface area contributed by atoms with Gasteiger partial charge in [-0.25, -0.2) is 0 Å². The van der Waals surface area contributed by atoms with Gasteiger partial charge in [0.15, 0.2) is 11.5 Å². The summed E-state index contributed by atoms with van der Waals surface area (Å²) in [4.78, 5) is 4.04.